The maximum absolute atomic E-state index is 12.5. The van der Waals surface area contributed by atoms with Crippen LogP contribution in [0.4, 0.5) is 11.5 Å². The molecule has 2 aliphatic heterocycles. The van der Waals surface area contributed by atoms with E-state index >= 15 is 0 Å². The summed E-state index contributed by atoms with van der Waals surface area (Å²) >= 11 is 0. The third kappa shape index (κ3) is 4.99. The highest BCUT2D eigenvalue weighted by Crippen LogP contribution is 2.24. The van der Waals surface area contributed by atoms with Gasteiger partial charge in [0.05, 0.1) is 30.0 Å². The summed E-state index contributed by atoms with van der Waals surface area (Å²) in [4.78, 5) is 30.4. The maximum atomic E-state index is 12.5. The van der Waals surface area contributed by atoms with Crippen LogP contribution in [0.5, 0.6) is 0 Å². The highest BCUT2D eigenvalue weighted by molar-refractivity contribution is 7.88. The molecule has 2 fully saturated rings. The predicted molar refractivity (Wildman–Crippen MR) is 106 cm³/mol. The number of nitrogens with two attached hydrogens (primary N) is 1. The summed E-state index contributed by atoms with van der Waals surface area (Å²) in [5.74, 6) is -0.288. The number of nitrogens with zero attached hydrogens (tertiary/aromatic N) is 3. The molecule has 2 aliphatic rings. The van der Waals surface area contributed by atoms with Crippen molar-refractivity contribution in [2.24, 2.45) is 17.6 Å². The molecule has 2 amide bonds. The summed E-state index contributed by atoms with van der Waals surface area (Å²) in [7, 11) is -3.29. The van der Waals surface area contributed by atoms with E-state index in [-0.39, 0.29) is 30.2 Å². The second kappa shape index (κ2) is 8.44. The molecule has 0 radical (unpaired) electrons. The van der Waals surface area contributed by atoms with Crippen LogP contribution in [-0.4, -0.2) is 62.0 Å². The molecule has 154 valence electrons. The number of aromatic nitrogens is 1. The van der Waals surface area contributed by atoms with Crippen LogP contribution < -0.4 is 16.0 Å². The average Bonchev–Trinajstić information content (AvgIpc) is 2.68. The zero-order valence-electron chi connectivity index (χ0n) is 16.0. The van der Waals surface area contributed by atoms with Gasteiger partial charge in [-0.05, 0) is 37.8 Å². The number of rotatable bonds is 5. The van der Waals surface area contributed by atoms with Crippen molar-refractivity contribution in [1.29, 1.82) is 0 Å². The second-order valence-electron chi connectivity index (χ2n) is 7.54. The molecular formula is C18H27N5O4S. The zero-order valence-corrected chi connectivity index (χ0v) is 16.8. The summed E-state index contributed by atoms with van der Waals surface area (Å²) in [5, 5.41) is 2.83. The number of hydrogen-bond donors (Lipinski definition) is 2. The van der Waals surface area contributed by atoms with E-state index in [1.54, 1.807) is 12.3 Å². The fourth-order valence-corrected chi connectivity index (χ4v) is 4.68. The molecule has 1 aromatic heterocycles. The number of carbonyl (C=O) groups excluding carboxylic acids is 2. The Hall–Kier alpha value is -2.20. The first-order valence-electron chi connectivity index (χ1n) is 9.50. The number of sulfonamides is 1. The van der Waals surface area contributed by atoms with Crippen molar-refractivity contribution in [3.63, 3.8) is 0 Å². The van der Waals surface area contributed by atoms with E-state index in [2.05, 4.69) is 10.3 Å². The number of piperidine rings is 2. The SMILES string of the molecule is CS(=O)(=O)N1CCCC(C(=O)Nc2ccc(N3CCCC(C(N)=O)C3)nc2)C1. The molecule has 3 rings (SSSR count). The molecule has 3 N–H and O–H groups in total. The Balaban J connectivity index is 1.59. The molecule has 3 heterocycles. The van der Waals surface area contributed by atoms with Crippen LogP contribution in [0.1, 0.15) is 25.7 Å². The van der Waals surface area contributed by atoms with E-state index < -0.39 is 10.0 Å². The minimum Gasteiger partial charge on any atom is -0.369 e. The van der Waals surface area contributed by atoms with Crippen molar-refractivity contribution in [2.45, 2.75) is 25.7 Å². The summed E-state index contributed by atoms with van der Waals surface area (Å²) in [6, 6.07) is 3.58. The number of nitrogens with one attached hydrogen (secondary N) is 1. The van der Waals surface area contributed by atoms with Crippen LogP contribution in [0.2, 0.25) is 0 Å². The lowest BCUT2D eigenvalue weighted by Crippen LogP contribution is -2.43. The molecule has 28 heavy (non-hydrogen) atoms. The van der Waals surface area contributed by atoms with Gasteiger partial charge in [-0.1, -0.05) is 0 Å². The van der Waals surface area contributed by atoms with Crippen molar-refractivity contribution >= 4 is 33.3 Å². The van der Waals surface area contributed by atoms with Gasteiger partial charge >= 0.3 is 0 Å². The predicted octanol–water partition coefficient (Wildman–Crippen LogP) is 0.393. The number of carbonyl (C=O) groups is 2. The largest absolute Gasteiger partial charge is 0.369 e. The lowest BCUT2D eigenvalue weighted by Gasteiger charge is -2.32. The fourth-order valence-electron chi connectivity index (χ4n) is 3.77. The van der Waals surface area contributed by atoms with Gasteiger partial charge in [-0.15, -0.1) is 0 Å². The van der Waals surface area contributed by atoms with Crippen molar-refractivity contribution in [1.82, 2.24) is 9.29 Å². The molecule has 0 bridgehead atoms. The highest BCUT2D eigenvalue weighted by atomic mass is 32.2. The Morgan fingerprint density at radius 1 is 1.14 bits per heavy atom. The molecule has 2 unspecified atom stereocenters. The van der Waals surface area contributed by atoms with Gasteiger partial charge in [0.25, 0.3) is 0 Å². The van der Waals surface area contributed by atoms with Gasteiger partial charge in [0.15, 0.2) is 0 Å². The number of amides is 2. The number of anilines is 2. The number of primary amides is 1. The zero-order chi connectivity index (χ0) is 20.3. The van der Waals surface area contributed by atoms with Gasteiger partial charge < -0.3 is 16.0 Å². The number of hydrogen-bond acceptors (Lipinski definition) is 6. The van der Waals surface area contributed by atoms with Crippen LogP contribution in [0.25, 0.3) is 0 Å². The quantitative estimate of drug-likeness (QED) is 0.725. The van der Waals surface area contributed by atoms with Crippen LogP contribution >= 0.6 is 0 Å². The Bertz CT molecular complexity index is 827. The second-order valence-corrected chi connectivity index (χ2v) is 9.52. The first-order chi connectivity index (χ1) is 13.2. The number of pyridine rings is 1. The highest BCUT2D eigenvalue weighted by Gasteiger charge is 2.30. The van der Waals surface area contributed by atoms with Gasteiger partial charge in [-0.25, -0.2) is 17.7 Å². The Labute approximate surface area is 165 Å². The molecule has 0 aromatic carbocycles. The molecular weight excluding hydrogens is 382 g/mol. The molecule has 2 saturated heterocycles. The van der Waals surface area contributed by atoms with E-state index in [9.17, 15) is 18.0 Å². The van der Waals surface area contributed by atoms with E-state index in [0.717, 1.165) is 25.2 Å². The minimum absolute atomic E-state index is 0.168. The van der Waals surface area contributed by atoms with Crippen LogP contribution in [0.15, 0.2) is 18.3 Å². The van der Waals surface area contributed by atoms with Crippen molar-refractivity contribution < 1.29 is 18.0 Å². The monoisotopic (exact) mass is 409 g/mol. The third-order valence-corrected chi connectivity index (χ3v) is 6.66. The summed E-state index contributed by atoms with van der Waals surface area (Å²) in [6.07, 6.45) is 5.75. The standard InChI is InChI=1S/C18H27N5O4S/c1-28(26,27)23-9-3-5-14(12-23)18(25)21-15-6-7-16(20-10-15)22-8-2-4-13(11-22)17(19)24/h6-7,10,13-14H,2-5,8-9,11-12H2,1H3,(H2,19,24)(H,21,25). The van der Waals surface area contributed by atoms with Gasteiger partial charge in [-0.3, -0.25) is 9.59 Å². The first kappa shape index (κ1) is 20.5. The van der Waals surface area contributed by atoms with Gasteiger partial charge in [0, 0.05) is 26.2 Å². The van der Waals surface area contributed by atoms with E-state index in [0.29, 0.717) is 31.6 Å². The van der Waals surface area contributed by atoms with Gasteiger partial charge in [0.2, 0.25) is 21.8 Å². The normalized spacial score (nSPS) is 24.0. The van der Waals surface area contributed by atoms with Crippen molar-refractivity contribution in [2.75, 3.05) is 42.7 Å². The Morgan fingerprint density at radius 2 is 1.86 bits per heavy atom. The Morgan fingerprint density at radius 3 is 2.50 bits per heavy atom. The van der Waals surface area contributed by atoms with Crippen LogP contribution in [0, 0.1) is 11.8 Å². The first-order valence-corrected chi connectivity index (χ1v) is 11.3. The molecule has 2 atom stereocenters. The van der Waals surface area contributed by atoms with Crippen LogP contribution in [-0.2, 0) is 19.6 Å². The Kier molecular flexibility index (Phi) is 6.19. The molecule has 0 saturated carbocycles. The molecule has 9 nitrogen and oxygen atoms in total. The lowest BCUT2D eigenvalue weighted by atomic mass is 9.97. The smallest absolute Gasteiger partial charge is 0.228 e. The van der Waals surface area contributed by atoms with Gasteiger partial charge in [0.1, 0.15) is 5.82 Å². The van der Waals surface area contributed by atoms with Crippen molar-refractivity contribution in [3.8, 4) is 0 Å². The van der Waals surface area contributed by atoms with E-state index in [1.807, 2.05) is 11.0 Å². The van der Waals surface area contributed by atoms with E-state index in [1.165, 1.54) is 10.6 Å². The third-order valence-electron chi connectivity index (χ3n) is 5.39. The van der Waals surface area contributed by atoms with Gasteiger partial charge in [-0.2, -0.15) is 0 Å². The molecule has 1 aromatic rings. The molecule has 0 spiro atoms. The fraction of sp³-hybridized carbons (Fsp3) is 0.611. The summed E-state index contributed by atoms with van der Waals surface area (Å²) in [5.41, 5.74) is 5.98. The summed E-state index contributed by atoms with van der Waals surface area (Å²) < 4.78 is 24.8. The lowest BCUT2D eigenvalue weighted by molar-refractivity contribution is -0.122. The van der Waals surface area contributed by atoms with Crippen molar-refractivity contribution in [3.05, 3.63) is 18.3 Å². The maximum Gasteiger partial charge on any atom is 0.228 e. The molecule has 10 heteroatoms. The van der Waals surface area contributed by atoms with Crippen LogP contribution in [0.3, 0.4) is 0 Å². The minimum atomic E-state index is -3.29. The van der Waals surface area contributed by atoms with E-state index in [4.69, 9.17) is 5.73 Å². The topological polar surface area (TPSA) is 126 Å². The average molecular weight is 410 g/mol. The summed E-state index contributed by atoms with van der Waals surface area (Å²) in [6.45, 7) is 2.03. The molecule has 0 aliphatic carbocycles.